The summed E-state index contributed by atoms with van der Waals surface area (Å²) in [6, 6.07) is 9.78. The number of ether oxygens (including phenoxy) is 1. The number of likely N-dealkylation sites (N-methyl/N-ethyl adjacent to an activating group) is 1. The molecule has 1 atom stereocenters. The lowest BCUT2D eigenvalue weighted by molar-refractivity contribution is 0.0982. The lowest BCUT2D eigenvalue weighted by atomic mass is 10.0. The minimum Gasteiger partial charge on any atom is -0.494 e. The number of hydrogen-bond acceptors (Lipinski definition) is 9. The van der Waals surface area contributed by atoms with E-state index in [1.807, 2.05) is 0 Å². The van der Waals surface area contributed by atoms with Crippen molar-refractivity contribution in [3.63, 3.8) is 0 Å². The third kappa shape index (κ3) is 6.13. The first-order valence-electron chi connectivity index (χ1n) is 14.7. The minimum absolute atomic E-state index is 0.366. The van der Waals surface area contributed by atoms with Gasteiger partial charge in [0.2, 0.25) is 0 Å². The molecular formula is C31H39F2N7O2. The largest absolute Gasteiger partial charge is 0.494 e. The Balaban J connectivity index is 1.16. The molecule has 0 saturated carbocycles. The fourth-order valence-electron chi connectivity index (χ4n) is 6.38. The average Bonchev–Trinajstić information content (AvgIpc) is 3.48. The first kappa shape index (κ1) is 28.6. The van der Waals surface area contributed by atoms with E-state index >= 15 is 0 Å². The van der Waals surface area contributed by atoms with Crippen LogP contribution in [0.15, 0.2) is 42.7 Å². The minimum atomic E-state index is -0.618. The van der Waals surface area contributed by atoms with E-state index in [9.17, 15) is 8.78 Å². The molecule has 0 bridgehead atoms. The standard InChI is InChI=1S/C31H39F2N7O2/c1-21-14-26(29(41-3)18-28(21)39-7-4-25(5-8-39)38-11-9-37(2)10-12-38)36-30-19-31(35-20-34-30)40-27(6-13-42-40)22-15-23(32)17-24(33)16-22/h14-20,25,27H,4-13H2,1-3H3,(H,34,35,36). The first-order chi connectivity index (χ1) is 20.4. The number of hydroxylamine groups is 1. The maximum Gasteiger partial charge on any atom is 0.158 e. The normalized spacial score (nSPS) is 20.7. The second-order valence-electron chi connectivity index (χ2n) is 11.4. The summed E-state index contributed by atoms with van der Waals surface area (Å²) in [5.41, 5.74) is 3.63. The van der Waals surface area contributed by atoms with Gasteiger partial charge in [-0.1, -0.05) is 0 Å². The summed E-state index contributed by atoms with van der Waals surface area (Å²) >= 11 is 0. The highest BCUT2D eigenvalue weighted by Crippen LogP contribution is 2.38. The fourth-order valence-corrected chi connectivity index (χ4v) is 6.38. The molecule has 11 heteroatoms. The highest BCUT2D eigenvalue weighted by atomic mass is 19.1. The van der Waals surface area contributed by atoms with Gasteiger partial charge in [-0.2, -0.15) is 0 Å². The molecule has 0 aliphatic carbocycles. The molecule has 4 heterocycles. The molecule has 1 aromatic heterocycles. The number of anilines is 4. The van der Waals surface area contributed by atoms with Crippen molar-refractivity contribution in [1.29, 1.82) is 0 Å². The molecule has 42 heavy (non-hydrogen) atoms. The zero-order valence-electron chi connectivity index (χ0n) is 24.5. The molecule has 3 saturated heterocycles. The predicted molar refractivity (Wildman–Crippen MR) is 159 cm³/mol. The number of rotatable bonds is 7. The number of nitrogens with zero attached hydrogens (tertiary/aromatic N) is 6. The van der Waals surface area contributed by atoms with Crippen LogP contribution >= 0.6 is 0 Å². The Labute approximate surface area is 246 Å². The highest BCUT2D eigenvalue weighted by Gasteiger charge is 2.31. The van der Waals surface area contributed by atoms with E-state index in [1.165, 1.54) is 24.1 Å². The molecule has 9 nitrogen and oxygen atoms in total. The molecule has 1 unspecified atom stereocenters. The highest BCUT2D eigenvalue weighted by molar-refractivity contribution is 5.72. The zero-order chi connectivity index (χ0) is 29.2. The van der Waals surface area contributed by atoms with Gasteiger partial charge in [-0.05, 0) is 56.1 Å². The summed E-state index contributed by atoms with van der Waals surface area (Å²) < 4.78 is 33.6. The van der Waals surface area contributed by atoms with Crippen LogP contribution in [0, 0.1) is 18.6 Å². The van der Waals surface area contributed by atoms with Crippen LogP contribution < -0.4 is 20.0 Å². The first-order valence-corrected chi connectivity index (χ1v) is 14.7. The number of benzene rings is 2. The van der Waals surface area contributed by atoms with Gasteiger partial charge in [0.15, 0.2) is 5.82 Å². The van der Waals surface area contributed by atoms with Crippen molar-refractivity contribution in [1.82, 2.24) is 19.8 Å². The van der Waals surface area contributed by atoms with Gasteiger partial charge in [-0.15, -0.1) is 0 Å². The molecule has 1 N–H and O–H groups in total. The fraction of sp³-hybridized carbons (Fsp3) is 0.484. The van der Waals surface area contributed by atoms with Gasteiger partial charge in [0.05, 0.1) is 25.4 Å². The maximum atomic E-state index is 13.9. The van der Waals surface area contributed by atoms with Crippen LogP contribution in [0.4, 0.5) is 31.8 Å². The van der Waals surface area contributed by atoms with Crippen molar-refractivity contribution in [2.24, 2.45) is 0 Å². The van der Waals surface area contributed by atoms with Crippen molar-refractivity contribution in [3.8, 4) is 5.75 Å². The molecule has 6 rings (SSSR count). The molecule has 3 aliphatic heterocycles. The Kier molecular flexibility index (Phi) is 8.41. The summed E-state index contributed by atoms with van der Waals surface area (Å²) in [7, 11) is 3.87. The van der Waals surface area contributed by atoms with Crippen molar-refractivity contribution in [2.45, 2.75) is 38.3 Å². The van der Waals surface area contributed by atoms with Gasteiger partial charge in [0.1, 0.15) is 29.5 Å². The number of piperidine rings is 1. The Morgan fingerprint density at radius 3 is 2.36 bits per heavy atom. The van der Waals surface area contributed by atoms with E-state index in [-0.39, 0.29) is 6.04 Å². The third-order valence-electron chi connectivity index (χ3n) is 8.69. The van der Waals surface area contributed by atoms with Crippen LogP contribution in [0.25, 0.3) is 0 Å². The van der Waals surface area contributed by atoms with Crippen LogP contribution in [-0.4, -0.2) is 85.8 Å². The van der Waals surface area contributed by atoms with E-state index in [0.29, 0.717) is 36.3 Å². The van der Waals surface area contributed by atoms with Crippen LogP contribution in [-0.2, 0) is 4.84 Å². The lowest BCUT2D eigenvalue weighted by Crippen LogP contribution is -2.52. The second-order valence-corrected chi connectivity index (χ2v) is 11.4. The molecule has 0 spiro atoms. The second kappa shape index (κ2) is 12.4. The van der Waals surface area contributed by atoms with Gasteiger partial charge in [-0.3, -0.25) is 9.74 Å². The number of aryl methyl sites for hydroxylation is 1. The van der Waals surface area contributed by atoms with Crippen LogP contribution in [0.5, 0.6) is 5.75 Å². The molecule has 0 amide bonds. The Hall–Kier alpha value is -3.54. The van der Waals surface area contributed by atoms with Gasteiger partial charge < -0.3 is 19.9 Å². The van der Waals surface area contributed by atoms with E-state index in [0.717, 1.165) is 75.2 Å². The van der Waals surface area contributed by atoms with Crippen LogP contribution in [0.1, 0.15) is 36.4 Å². The summed E-state index contributed by atoms with van der Waals surface area (Å²) in [5.74, 6) is 0.537. The van der Waals surface area contributed by atoms with Gasteiger partial charge in [0.25, 0.3) is 0 Å². The van der Waals surface area contributed by atoms with Crippen LogP contribution in [0.3, 0.4) is 0 Å². The van der Waals surface area contributed by atoms with Crippen LogP contribution in [0.2, 0.25) is 0 Å². The number of piperazine rings is 1. The maximum absolute atomic E-state index is 13.9. The average molecular weight is 580 g/mol. The summed E-state index contributed by atoms with van der Waals surface area (Å²) in [6.45, 7) is 9.20. The number of halogens is 2. The molecule has 224 valence electrons. The number of methoxy groups -OCH3 is 1. The predicted octanol–water partition coefficient (Wildman–Crippen LogP) is 4.91. The van der Waals surface area contributed by atoms with E-state index in [2.05, 4.69) is 56.1 Å². The summed E-state index contributed by atoms with van der Waals surface area (Å²) in [5, 5.41) is 4.97. The molecule has 3 aromatic rings. The number of nitrogens with one attached hydrogen (secondary N) is 1. The molecule has 2 aromatic carbocycles. The quantitative estimate of drug-likeness (QED) is 0.420. The van der Waals surface area contributed by atoms with Crippen molar-refractivity contribution in [3.05, 3.63) is 65.5 Å². The van der Waals surface area contributed by atoms with Crippen molar-refractivity contribution < 1.29 is 18.4 Å². The van der Waals surface area contributed by atoms with Gasteiger partial charge >= 0.3 is 0 Å². The Bertz CT molecular complexity index is 1370. The van der Waals surface area contributed by atoms with Gasteiger partial charge in [-0.25, -0.2) is 23.8 Å². The molecule has 0 radical (unpaired) electrons. The van der Waals surface area contributed by atoms with E-state index < -0.39 is 11.6 Å². The molecular weight excluding hydrogens is 540 g/mol. The van der Waals surface area contributed by atoms with E-state index in [4.69, 9.17) is 9.57 Å². The topological polar surface area (TPSA) is 69.2 Å². The Morgan fingerprint density at radius 1 is 0.905 bits per heavy atom. The lowest BCUT2D eigenvalue weighted by Gasteiger charge is -2.43. The molecule has 3 fully saturated rings. The Morgan fingerprint density at radius 2 is 1.64 bits per heavy atom. The van der Waals surface area contributed by atoms with Crippen molar-refractivity contribution in [2.75, 3.05) is 75.3 Å². The smallest absolute Gasteiger partial charge is 0.158 e. The summed E-state index contributed by atoms with van der Waals surface area (Å²) in [4.78, 5) is 22.2. The van der Waals surface area contributed by atoms with Crippen molar-refractivity contribution >= 4 is 23.0 Å². The SMILES string of the molecule is COc1cc(N2CCC(N3CCN(C)CC3)CC2)c(C)cc1Nc1cc(N2OCCC2c2cc(F)cc(F)c2)ncn1. The summed E-state index contributed by atoms with van der Waals surface area (Å²) in [6.07, 6.45) is 4.35. The van der Waals surface area contributed by atoms with Gasteiger partial charge in [0, 0.05) is 75.6 Å². The third-order valence-corrected chi connectivity index (χ3v) is 8.69. The monoisotopic (exact) mass is 579 g/mol. The number of hydrogen-bond donors (Lipinski definition) is 1. The number of aromatic nitrogens is 2. The zero-order valence-corrected chi connectivity index (χ0v) is 24.5. The van der Waals surface area contributed by atoms with E-state index in [1.54, 1.807) is 18.2 Å². The molecule has 3 aliphatic rings.